The van der Waals surface area contributed by atoms with Gasteiger partial charge in [-0.1, -0.05) is 91.0 Å². The summed E-state index contributed by atoms with van der Waals surface area (Å²) in [5.74, 6) is -4.26. The fourth-order valence-electron chi connectivity index (χ4n) is 5.28. The lowest BCUT2D eigenvalue weighted by molar-refractivity contribution is -0.134. The van der Waals surface area contributed by atoms with Gasteiger partial charge in [0.2, 0.25) is 23.6 Å². The maximum absolute atomic E-state index is 14.0. The Labute approximate surface area is 292 Å². The molecule has 0 saturated carbocycles. The van der Waals surface area contributed by atoms with Crippen molar-refractivity contribution in [3.63, 3.8) is 0 Å². The Morgan fingerprint density at radius 1 is 0.620 bits per heavy atom. The van der Waals surface area contributed by atoms with Crippen molar-refractivity contribution in [2.45, 2.75) is 83.0 Å². The quantitative estimate of drug-likeness (QED) is 0.136. The molecule has 5 amide bonds. The van der Waals surface area contributed by atoms with Gasteiger partial charge in [0.15, 0.2) is 5.78 Å². The zero-order valence-electron chi connectivity index (χ0n) is 28.7. The van der Waals surface area contributed by atoms with Crippen molar-refractivity contribution >= 4 is 35.5 Å². The van der Waals surface area contributed by atoms with Crippen LogP contribution >= 0.6 is 0 Å². The van der Waals surface area contributed by atoms with Crippen LogP contribution in [0.3, 0.4) is 0 Å². The van der Waals surface area contributed by atoms with Crippen molar-refractivity contribution in [1.82, 2.24) is 16.0 Å². The number of amides is 5. The van der Waals surface area contributed by atoms with Crippen LogP contribution in [0.4, 0.5) is 4.79 Å². The van der Waals surface area contributed by atoms with Crippen LogP contribution in [0, 0.1) is 5.92 Å². The number of carbonyl (C=O) groups is 6. The van der Waals surface area contributed by atoms with Crippen LogP contribution in [0.15, 0.2) is 91.0 Å². The molecule has 3 aromatic rings. The Balaban J connectivity index is 1.87. The van der Waals surface area contributed by atoms with Gasteiger partial charge in [-0.25, -0.2) is 4.79 Å². The average molecular weight is 686 g/mol. The molecule has 0 radical (unpaired) electrons. The van der Waals surface area contributed by atoms with E-state index in [0.717, 1.165) is 16.7 Å². The molecule has 0 heterocycles. The predicted molar refractivity (Wildman–Crippen MR) is 188 cm³/mol. The van der Waals surface area contributed by atoms with Crippen LogP contribution in [0.25, 0.3) is 0 Å². The Morgan fingerprint density at radius 3 is 1.54 bits per heavy atom. The second-order valence-corrected chi connectivity index (χ2v) is 13.2. The van der Waals surface area contributed by atoms with E-state index in [0.29, 0.717) is 0 Å². The van der Waals surface area contributed by atoms with Crippen molar-refractivity contribution in [3.8, 4) is 0 Å². The van der Waals surface area contributed by atoms with Crippen molar-refractivity contribution in [3.05, 3.63) is 108 Å². The van der Waals surface area contributed by atoms with Crippen molar-refractivity contribution in [2.24, 2.45) is 17.4 Å². The molecular formula is C38H47N5O7. The minimum atomic E-state index is -1.28. The first-order chi connectivity index (χ1) is 23.7. The SMILES string of the molecule is CC(C)(C)OC(=O)NC(Cc1ccccc1)C(=O)CC(Cc1ccccc1)C(=O)NC(CCC(N)=O)C(=O)NC(Cc1ccccc1)C(N)=O. The fraction of sp³-hybridized carbons (Fsp3) is 0.368. The third-order valence-electron chi connectivity index (χ3n) is 7.76. The highest BCUT2D eigenvalue weighted by Gasteiger charge is 2.32. The summed E-state index contributed by atoms with van der Waals surface area (Å²) >= 11 is 0. The van der Waals surface area contributed by atoms with Crippen LogP contribution in [0.2, 0.25) is 0 Å². The van der Waals surface area contributed by atoms with Crippen LogP contribution in [-0.2, 0) is 48.0 Å². The van der Waals surface area contributed by atoms with Crippen LogP contribution in [0.1, 0.15) is 56.7 Å². The number of nitrogens with one attached hydrogen (secondary N) is 3. The van der Waals surface area contributed by atoms with Gasteiger partial charge in [0, 0.05) is 25.2 Å². The molecule has 0 aliphatic heterocycles. The van der Waals surface area contributed by atoms with Gasteiger partial charge < -0.3 is 32.2 Å². The van der Waals surface area contributed by atoms with Gasteiger partial charge in [0.05, 0.1) is 6.04 Å². The van der Waals surface area contributed by atoms with Crippen LogP contribution < -0.4 is 27.4 Å². The highest BCUT2D eigenvalue weighted by Crippen LogP contribution is 2.18. The van der Waals surface area contributed by atoms with E-state index in [2.05, 4.69) is 16.0 Å². The Bertz CT molecular complexity index is 1590. The number of ether oxygens (including phenoxy) is 1. The highest BCUT2D eigenvalue weighted by molar-refractivity contribution is 5.95. The summed E-state index contributed by atoms with van der Waals surface area (Å²) in [4.78, 5) is 78.3. The molecule has 0 saturated heterocycles. The normalized spacial score (nSPS) is 13.5. The first-order valence-corrected chi connectivity index (χ1v) is 16.5. The minimum absolute atomic E-state index is 0.108. The number of primary amides is 2. The molecule has 12 heteroatoms. The zero-order chi connectivity index (χ0) is 36.7. The lowest BCUT2D eigenvalue weighted by Gasteiger charge is -2.26. The van der Waals surface area contributed by atoms with E-state index in [-0.39, 0.29) is 38.5 Å². The molecule has 0 aromatic heterocycles. The predicted octanol–water partition coefficient (Wildman–Crippen LogP) is 2.90. The summed E-state index contributed by atoms with van der Waals surface area (Å²) in [5.41, 5.74) is 12.5. The minimum Gasteiger partial charge on any atom is -0.444 e. The first kappa shape index (κ1) is 38.9. The number of alkyl carbamates (subject to hydrolysis) is 1. The molecule has 266 valence electrons. The fourth-order valence-corrected chi connectivity index (χ4v) is 5.28. The molecule has 0 spiro atoms. The summed E-state index contributed by atoms with van der Waals surface area (Å²) in [5, 5.41) is 7.96. The monoisotopic (exact) mass is 685 g/mol. The van der Waals surface area contributed by atoms with E-state index < -0.39 is 65.1 Å². The van der Waals surface area contributed by atoms with Gasteiger partial charge in [-0.3, -0.25) is 24.0 Å². The van der Waals surface area contributed by atoms with Gasteiger partial charge in [-0.2, -0.15) is 0 Å². The van der Waals surface area contributed by atoms with Gasteiger partial charge >= 0.3 is 6.09 Å². The summed E-state index contributed by atoms with van der Waals surface area (Å²) < 4.78 is 5.42. The number of nitrogens with two attached hydrogens (primary N) is 2. The largest absolute Gasteiger partial charge is 0.444 e. The molecule has 0 fully saturated rings. The molecule has 0 aliphatic carbocycles. The lowest BCUT2D eigenvalue weighted by Crippen LogP contribution is -2.55. The molecule has 3 aromatic carbocycles. The summed E-state index contributed by atoms with van der Waals surface area (Å²) in [6.45, 7) is 5.12. The van der Waals surface area contributed by atoms with Crippen molar-refractivity contribution < 1.29 is 33.5 Å². The zero-order valence-corrected chi connectivity index (χ0v) is 28.7. The maximum Gasteiger partial charge on any atom is 0.408 e. The van der Waals surface area contributed by atoms with E-state index in [1.165, 1.54) is 0 Å². The first-order valence-electron chi connectivity index (χ1n) is 16.5. The smallest absolute Gasteiger partial charge is 0.408 e. The average Bonchev–Trinajstić information content (AvgIpc) is 3.06. The Morgan fingerprint density at radius 2 is 1.08 bits per heavy atom. The number of hydrogen-bond donors (Lipinski definition) is 5. The second kappa shape index (κ2) is 18.9. The molecule has 3 rings (SSSR count). The lowest BCUT2D eigenvalue weighted by atomic mass is 9.89. The van der Waals surface area contributed by atoms with E-state index in [1.807, 2.05) is 54.6 Å². The summed E-state index contributed by atoms with van der Waals surface area (Å²) in [6.07, 6.45) is -1.08. The molecule has 12 nitrogen and oxygen atoms in total. The van der Waals surface area contributed by atoms with E-state index in [4.69, 9.17) is 16.2 Å². The number of hydrogen-bond acceptors (Lipinski definition) is 7. The Hall–Kier alpha value is -5.52. The van der Waals surface area contributed by atoms with Crippen molar-refractivity contribution in [1.29, 1.82) is 0 Å². The van der Waals surface area contributed by atoms with Gasteiger partial charge in [0.25, 0.3) is 0 Å². The molecule has 50 heavy (non-hydrogen) atoms. The third kappa shape index (κ3) is 13.9. The molecular weight excluding hydrogens is 638 g/mol. The molecule has 0 aliphatic rings. The molecule has 4 atom stereocenters. The van der Waals surface area contributed by atoms with Crippen LogP contribution in [0.5, 0.6) is 0 Å². The Kier molecular flexibility index (Phi) is 14.7. The molecule has 0 bridgehead atoms. The second-order valence-electron chi connectivity index (χ2n) is 13.2. The van der Waals surface area contributed by atoms with Gasteiger partial charge in [-0.05, 0) is 56.7 Å². The standard InChI is InChI=1S/C38H47N5O7/c1-38(2,3)50-37(49)43-30(22-26-15-9-5-10-16-26)32(44)24-28(21-25-13-7-4-8-14-25)35(47)41-29(19-20-33(39)45)36(48)42-31(34(40)46)23-27-17-11-6-12-18-27/h4-18,28-31H,19-24H2,1-3H3,(H2,39,45)(H2,40,46)(H,41,47)(H,42,48)(H,43,49). The van der Waals surface area contributed by atoms with Crippen molar-refractivity contribution in [2.75, 3.05) is 0 Å². The molecule has 4 unspecified atom stereocenters. The van der Waals surface area contributed by atoms with E-state index in [9.17, 15) is 28.8 Å². The number of benzene rings is 3. The van der Waals surface area contributed by atoms with Gasteiger partial charge in [0.1, 0.15) is 17.7 Å². The topological polar surface area (TPSA) is 200 Å². The van der Waals surface area contributed by atoms with Crippen LogP contribution in [-0.4, -0.2) is 59.2 Å². The number of ketones is 1. The maximum atomic E-state index is 14.0. The van der Waals surface area contributed by atoms with E-state index >= 15 is 0 Å². The summed E-state index contributed by atoms with van der Waals surface area (Å²) in [6, 6.07) is 23.7. The van der Waals surface area contributed by atoms with E-state index in [1.54, 1.807) is 57.2 Å². The molecule has 7 N–H and O–H groups in total. The van der Waals surface area contributed by atoms with Gasteiger partial charge in [-0.15, -0.1) is 0 Å². The number of carbonyl (C=O) groups excluding carboxylic acids is 6. The number of rotatable bonds is 18. The third-order valence-corrected chi connectivity index (χ3v) is 7.76. The summed E-state index contributed by atoms with van der Waals surface area (Å²) in [7, 11) is 0. The highest BCUT2D eigenvalue weighted by atomic mass is 16.6. The number of Topliss-reactive ketones (excluding diaryl/α,β-unsaturated/α-hetero) is 1.